The number of hydrogen-bond donors (Lipinski definition) is 0. The van der Waals surface area contributed by atoms with Crippen molar-refractivity contribution < 1.29 is 4.52 Å². The van der Waals surface area contributed by atoms with E-state index in [-0.39, 0.29) is 0 Å². The van der Waals surface area contributed by atoms with Gasteiger partial charge in [0.05, 0.1) is 6.20 Å². The first-order valence-corrected chi connectivity index (χ1v) is 11.4. The molecular formula is C23H39NO. The molecule has 0 unspecified atom stereocenters. The van der Waals surface area contributed by atoms with Crippen LogP contribution in [0.2, 0.25) is 0 Å². The topological polar surface area (TPSA) is 26.0 Å². The standard InChI is InChI=1S/C23H39NO/c1-3-7-11-15-20(16-12-8-4-1)22-19-24-25-23(22)21-17-13-9-5-2-6-10-14-18-21/h19-21H,1-18H2. The van der Waals surface area contributed by atoms with Crippen molar-refractivity contribution in [3.05, 3.63) is 17.5 Å². The van der Waals surface area contributed by atoms with Gasteiger partial charge >= 0.3 is 0 Å². The lowest BCUT2D eigenvalue weighted by molar-refractivity contribution is 0.328. The fourth-order valence-electron chi connectivity index (χ4n) is 5.07. The van der Waals surface area contributed by atoms with Crippen molar-refractivity contribution in [1.82, 2.24) is 5.16 Å². The van der Waals surface area contributed by atoms with Crippen molar-refractivity contribution in [2.45, 2.75) is 127 Å². The van der Waals surface area contributed by atoms with E-state index >= 15 is 0 Å². The lowest BCUT2D eigenvalue weighted by Gasteiger charge is -2.22. The van der Waals surface area contributed by atoms with Gasteiger partial charge in [-0.2, -0.15) is 0 Å². The smallest absolute Gasteiger partial charge is 0.143 e. The van der Waals surface area contributed by atoms with Crippen LogP contribution in [0.15, 0.2) is 10.7 Å². The summed E-state index contributed by atoms with van der Waals surface area (Å²) < 4.78 is 5.90. The van der Waals surface area contributed by atoms with Crippen LogP contribution in [-0.2, 0) is 0 Å². The molecule has 2 nitrogen and oxygen atoms in total. The Kier molecular flexibility index (Phi) is 8.38. The maximum Gasteiger partial charge on any atom is 0.143 e. The van der Waals surface area contributed by atoms with Crippen molar-refractivity contribution in [1.29, 1.82) is 0 Å². The molecule has 2 heteroatoms. The van der Waals surface area contributed by atoms with Gasteiger partial charge in [-0.1, -0.05) is 95.0 Å². The van der Waals surface area contributed by atoms with E-state index < -0.39 is 0 Å². The maximum atomic E-state index is 5.90. The lowest BCUT2D eigenvalue weighted by atomic mass is 9.82. The average Bonchev–Trinajstić information content (AvgIpc) is 3.13. The van der Waals surface area contributed by atoms with E-state index in [1.165, 1.54) is 127 Å². The second-order valence-corrected chi connectivity index (χ2v) is 8.64. The molecule has 0 saturated heterocycles. The van der Waals surface area contributed by atoms with Gasteiger partial charge in [0.15, 0.2) is 0 Å². The molecule has 0 N–H and O–H groups in total. The summed E-state index contributed by atoms with van der Waals surface area (Å²) >= 11 is 0. The highest BCUT2D eigenvalue weighted by molar-refractivity contribution is 5.22. The first-order chi connectivity index (χ1) is 12.4. The average molecular weight is 346 g/mol. The van der Waals surface area contributed by atoms with Crippen molar-refractivity contribution in [3.63, 3.8) is 0 Å². The van der Waals surface area contributed by atoms with E-state index in [0.717, 1.165) is 0 Å². The van der Waals surface area contributed by atoms with Crippen LogP contribution in [0.3, 0.4) is 0 Å². The van der Waals surface area contributed by atoms with Gasteiger partial charge in [0.25, 0.3) is 0 Å². The van der Waals surface area contributed by atoms with Crippen LogP contribution in [0.5, 0.6) is 0 Å². The Bertz CT molecular complexity index is 406. The molecule has 142 valence electrons. The Labute approximate surface area is 155 Å². The third-order valence-electron chi connectivity index (χ3n) is 6.65. The van der Waals surface area contributed by atoms with Gasteiger partial charge in [-0.05, 0) is 31.6 Å². The van der Waals surface area contributed by atoms with Crippen LogP contribution in [0.1, 0.15) is 139 Å². The first kappa shape index (κ1) is 19.0. The highest BCUT2D eigenvalue weighted by Crippen LogP contribution is 2.38. The fourth-order valence-corrected chi connectivity index (χ4v) is 5.07. The second-order valence-electron chi connectivity index (χ2n) is 8.64. The van der Waals surface area contributed by atoms with E-state index in [0.29, 0.717) is 11.8 Å². The molecule has 0 aromatic carbocycles. The van der Waals surface area contributed by atoms with E-state index in [2.05, 4.69) is 11.4 Å². The molecule has 25 heavy (non-hydrogen) atoms. The SMILES string of the molecule is c1noc(C2CCCCCCCCC2)c1C1CCCCCCCCC1. The molecule has 0 bridgehead atoms. The Morgan fingerprint density at radius 3 is 1.44 bits per heavy atom. The number of hydrogen-bond acceptors (Lipinski definition) is 2. The number of rotatable bonds is 2. The number of aromatic nitrogens is 1. The van der Waals surface area contributed by atoms with Gasteiger partial charge in [0.2, 0.25) is 0 Å². The highest BCUT2D eigenvalue weighted by Gasteiger charge is 2.25. The van der Waals surface area contributed by atoms with Crippen LogP contribution in [0, 0.1) is 0 Å². The predicted molar refractivity (Wildman–Crippen MR) is 105 cm³/mol. The maximum absolute atomic E-state index is 5.90. The summed E-state index contributed by atoms with van der Waals surface area (Å²) in [6, 6.07) is 0. The fraction of sp³-hybridized carbons (Fsp3) is 0.870. The van der Waals surface area contributed by atoms with Crippen molar-refractivity contribution in [2.75, 3.05) is 0 Å². The molecule has 2 aliphatic carbocycles. The van der Waals surface area contributed by atoms with Gasteiger partial charge in [-0.15, -0.1) is 0 Å². The lowest BCUT2D eigenvalue weighted by Crippen LogP contribution is -2.07. The van der Waals surface area contributed by atoms with Crippen LogP contribution in [0.25, 0.3) is 0 Å². The Morgan fingerprint density at radius 1 is 0.560 bits per heavy atom. The third-order valence-corrected chi connectivity index (χ3v) is 6.65. The Hall–Kier alpha value is -0.790. The van der Waals surface area contributed by atoms with Crippen LogP contribution in [-0.4, -0.2) is 5.16 Å². The van der Waals surface area contributed by atoms with Crippen LogP contribution < -0.4 is 0 Å². The summed E-state index contributed by atoms with van der Waals surface area (Å²) in [4.78, 5) is 0. The van der Waals surface area contributed by atoms with E-state index in [1.807, 2.05) is 0 Å². The zero-order valence-electron chi connectivity index (χ0n) is 16.3. The van der Waals surface area contributed by atoms with E-state index in [1.54, 1.807) is 0 Å². The molecule has 1 aromatic heterocycles. The summed E-state index contributed by atoms with van der Waals surface area (Å²) in [6.07, 6.45) is 27.2. The molecule has 0 spiro atoms. The normalized spacial score (nSPS) is 24.0. The second kappa shape index (κ2) is 11.0. The van der Waals surface area contributed by atoms with Gasteiger partial charge in [-0.3, -0.25) is 0 Å². The quantitative estimate of drug-likeness (QED) is 0.544. The highest BCUT2D eigenvalue weighted by atomic mass is 16.5. The Morgan fingerprint density at radius 2 is 0.960 bits per heavy atom. The molecule has 1 aromatic rings. The van der Waals surface area contributed by atoms with Crippen molar-refractivity contribution in [2.24, 2.45) is 0 Å². The zero-order valence-corrected chi connectivity index (χ0v) is 16.3. The molecule has 0 amide bonds. The molecule has 3 rings (SSSR count). The Balaban J connectivity index is 1.67. The van der Waals surface area contributed by atoms with Gasteiger partial charge in [-0.25, -0.2) is 0 Å². The zero-order chi connectivity index (χ0) is 17.2. The monoisotopic (exact) mass is 345 g/mol. The van der Waals surface area contributed by atoms with Gasteiger partial charge in [0.1, 0.15) is 5.76 Å². The van der Waals surface area contributed by atoms with Crippen molar-refractivity contribution >= 4 is 0 Å². The van der Waals surface area contributed by atoms with Crippen LogP contribution >= 0.6 is 0 Å². The largest absolute Gasteiger partial charge is 0.361 e. The van der Waals surface area contributed by atoms with E-state index in [4.69, 9.17) is 4.52 Å². The molecule has 2 aliphatic rings. The molecule has 0 aliphatic heterocycles. The van der Waals surface area contributed by atoms with Gasteiger partial charge < -0.3 is 4.52 Å². The molecular weight excluding hydrogens is 306 g/mol. The number of nitrogens with zero attached hydrogens (tertiary/aromatic N) is 1. The molecule has 2 fully saturated rings. The summed E-state index contributed by atoms with van der Waals surface area (Å²) in [7, 11) is 0. The minimum Gasteiger partial charge on any atom is -0.361 e. The molecule has 0 radical (unpaired) electrons. The third kappa shape index (κ3) is 6.15. The minimum atomic E-state index is 0.631. The van der Waals surface area contributed by atoms with Gasteiger partial charge in [0, 0.05) is 11.5 Å². The summed E-state index contributed by atoms with van der Waals surface area (Å²) in [5.41, 5.74) is 1.49. The summed E-state index contributed by atoms with van der Waals surface area (Å²) in [5, 5.41) is 4.29. The molecule has 0 atom stereocenters. The van der Waals surface area contributed by atoms with E-state index in [9.17, 15) is 0 Å². The first-order valence-electron chi connectivity index (χ1n) is 11.4. The minimum absolute atomic E-state index is 0.631. The summed E-state index contributed by atoms with van der Waals surface area (Å²) in [5.74, 6) is 2.61. The molecule has 1 heterocycles. The predicted octanol–water partition coefficient (Wildman–Crippen LogP) is 7.89. The summed E-state index contributed by atoms with van der Waals surface area (Å²) in [6.45, 7) is 0. The van der Waals surface area contributed by atoms with Crippen molar-refractivity contribution in [3.8, 4) is 0 Å². The van der Waals surface area contributed by atoms with Crippen LogP contribution in [0.4, 0.5) is 0 Å². The molecule has 2 saturated carbocycles.